The fourth-order valence-electron chi connectivity index (χ4n) is 3.73. The number of hydrogen-bond acceptors (Lipinski definition) is 1. The van der Waals surface area contributed by atoms with Gasteiger partial charge in [0, 0.05) is 43.0 Å². The minimum Gasteiger partial charge on any atom is -0.344 e. The van der Waals surface area contributed by atoms with Crippen LogP contribution in [0.4, 0.5) is 0 Å². The average Bonchev–Trinajstić information content (AvgIpc) is 2.89. The SMILES string of the molecule is Cc1c(-c2ccccc2)c2c(n1Cc1ccccc1)CCNC2. The van der Waals surface area contributed by atoms with E-state index < -0.39 is 0 Å². The highest BCUT2D eigenvalue weighted by atomic mass is 15.0. The van der Waals surface area contributed by atoms with Gasteiger partial charge >= 0.3 is 0 Å². The van der Waals surface area contributed by atoms with Gasteiger partial charge in [-0.1, -0.05) is 60.7 Å². The maximum absolute atomic E-state index is 3.54. The van der Waals surface area contributed by atoms with E-state index in [2.05, 4.69) is 77.5 Å². The Hall–Kier alpha value is -2.32. The summed E-state index contributed by atoms with van der Waals surface area (Å²) in [4.78, 5) is 0. The van der Waals surface area contributed by atoms with E-state index in [1.807, 2.05) is 0 Å². The summed E-state index contributed by atoms with van der Waals surface area (Å²) in [7, 11) is 0. The topological polar surface area (TPSA) is 17.0 Å². The lowest BCUT2D eigenvalue weighted by atomic mass is 9.98. The highest BCUT2D eigenvalue weighted by molar-refractivity contribution is 5.72. The summed E-state index contributed by atoms with van der Waals surface area (Å²) in [6.45, 7) is 5.27. The van der Waals surface area contributed by atoms with Gasteiger partial charge in [0.1, 0.15) is 0 Å². The fraction of sp³-hybridized carbons (Fsp3) is 0.238. The largest absolute Gasteiger partial charge is 0.344 e. The standard InChI is InChI=1S/C21H22N2/c1-16-21(18-10-6-3-7-11-18)19-14-22-13-12-20(19)23(16)15-17-8-4-2-5-9-17/h2-11,22H,12-15H2,1H3. The van der Waals surface area contributed by atoms with Crippen LogP contribution in [0.15, 0.2) is 60.7 Å². The van der Waals surface area contributed by atoms with Gasteiger partial charge in [-0.25, -0.2) is 0 Å². The number of aromatic nitrogens is 1. The summed E-state index contributed by atoms with van der Waals surface area (Å²) >= 11 is 0. The first-order valence-corrected chi connectivity index (χ1v) is 8.35. The van der Waals surface area contributed by atoms with Crippen LogP contribution in [0.3, 0.4) is 0 Å². The number of nitrogens with zero attached hydrogens (tertiary/aromatic N) is 1. The van der Waals surface area contributed by atoms with Gasteiger partial charge in [0.05, 0.1) is 0 Å². The molecule has 116 valence electrons. The molecular weight excluding hydrogens is 280 g/mol. The van der Waals surface area contributed by atoms with E-state index in [9.17, 15) is 0 Å². The van der Waals surface area contributed by atoms with Crippen molar-refractivity contribution in [1.29, 1.82) is 0 Å². The molecule has 3 aromatic rings. The van der Waals surface area contributed by atoms with E-state index in [1.165, 1.54) is 33.6 Å². The van der Waals surface area contributed by atoms with Crippen molar-refractivity contribution in [1.82, 2.24) is 9.88 Å². The van der Waals surface area contributed by atoms with Gasteiger partial charge in [-0.05, 0) is 23.6 Å². The molecule has 2 aromatic carbocycles. The van der Waals surface area contributed by atoms with Crippen LogP contribution in [0, 0.1) is 6.92 Å². The van der Waals surface area contributed by atoms with Gasteiger partial charge in [-0.2, -0.15) is 0 Å². The summed E-state index contributed by atoms with van der Waals surface area (Å²) in [5.41, 5.74) is 8.49. The Morgan fingerprint density at radius 1 is 0.957 bits per heavy atom. The molecule has 0 spiro atoms. The number of benzene rings is 2. The molecule has 0 fully saturated rings. The molecule has 0 saturated heterocycles. The molecule has 2 nitrogen and oxygen atoms in total. The number of fused-ring (bicyclic) bond motifs is 1. The third kappa shape index (κ3) is 2.60. The van der Waals surface area contributed by atoms with Gasteiger partial charge in [0.15, 0.2) is 0 Å². The van der Waals surface area contributed by atoms with Crippen molar-refractivity contribution in [2.24, 2.45) is 0 Å². The van der Waals surface area contributed by atoms with Crippen LogP contribution in [0.1, 0.15) is 22.5 Å². The second-order valence-corrected chi connectivity index (χ2v) is 6.25. The molecule has 0 bridgehead atoms. The molecule has 2 heteroatoms. The van der Waals surface area contributed by atoms with Gasteiger partial charge < -0.3 is 9.88 Å². The van der Waals surface area contributed by atoms with Crippen LogP contribution < -0.4 is 5.32 Å². The number of hydrogen-bond donors (Lipinski definition) is 1. The molecule has 1 aliphatic rings. The zero-order valence-corrected chi connectivity index (χ0v) is 13.5. The second kappa shape index (κ2) is 6.05. The molecule has 1 aromatic heterocycles. The van der Waals surface area contributed by atoms with E-state index >= 15 is 0 Å². The Morgan fingerprint density at radius 2 is 1.65 bits per heavy atom. The zero-order chi connectivity index (χ0) is 15.6. The second-order valence-electron chi connectivity index (χ2n) is 6.25. The summed E-state index contributed by atoms with van der Waals surface area (Å²) in [5.74, 6) is 0. The molecule has 1 aliphatic heterocycles. The van der Waals surface area contributed by atoms with Crippen molar-refractivity contribution in [2.75, 3.05) is 6.54 Å². The Bertz CT molecular complexity index is 801. The Labute approximate surface area is 137 Å². The third-order valence-electron chi connectivity index (χ3n) is 4.83. The Balaban J connectivity index is 1.85. The lowest BCUT2D eigenvalue weighted by Crippen LogP contribution is -2.25. The summed E-state index contributed by atoms with van der Waals surface area (Å²) < 4.78 is 2.52. The molecule has 23 heavy (non-hydrogen) atoms. The molecule has 0 radical (unpaired) electrons. The van der Waals surface area contributed by atoms with E-state index in [0.717, 1.165) is 26.1 Å². The maximum Gasteiger partial charge on any atom is 0.0475 e. The van der Waals surface area contributed by atoms with Crippen molar-refractivity contribution >= 4 is 0 Å². The predicted molar refractivity (Wildman–Crippen MR) is 95.6 cm³/mol. The maximum atomic E-state index is 3.54. The highest BCUT2D eigenvalue weighted by Gasteiger charge is 2.23. The first-order chi connectivity index (χ1) is 11.3. The number of nitrogens with one attached hydrogen (secondary N) is 1. The monoisotopic (exact) mass is 302 g/mol. The molecule has 0 amide bonds. The van der Waals surface area contributed by atoms with Gasteiger partial charge in [0.2, 0.25) is 0 Å². The summed E-state index contributed by atoms with van der Waals surface area (Å²) in [5, 5.41) is 3.54. The van der Waals surface area contributed by atoms with E-state index in [4.69, 9.17) is 0 Å². The predicted octanol–water partition coefficient (Wildman–Crippen LogP) is 4.16. The fourth-order valence-corrected chi connectivity index (χ4v) is 3.73. The first kappa shape index (κ1) is 14.3. The van der Waals surface area contributed by atoms with Crippen LogP contribution in [0.5, 0.6) is 0 Å². The van der Waals surface area contributed by atoms with Crippen molar-refractivity contribution < 1.29 is 0 Å². The molecule has 1 N–H and O–H groups in total. The molecule has 2 heterocycles. The van der Waals surface area contributed by atoms with Crippen molar-refractivity contribution in [3.05, 3.63) is 83.2 Å². The van der Waals surface area contributed by atoms with Crippen LogP contribution >= 0.6 is 0 Å². The normalized spacial score (nSPS) is 13.8. The van der Waals surface area contributed by atoms with Crippen molar-refractivity contribution in [3.8, 4) is 11.1 Å². The van der Waals surface area contributed by atoms with Crippen molar-refractivity contribution in [2.45, 2.75) is 26.4 Å². The van der Waals surface area contributed by atoms with Crippen molar-refractivity contribution in [3.63, 3.8) is 0 Å². The van der Waals surface area contributed by atoms with Gasteiger partial charge in [-0.3, -0.25) is 0 Å². The van der Waals surface area contributed by atoms with Crippen LogP contribution in [-0.4, -0.2) is 11.1 Å². The van der Waals surface area contributed by atoms with E-state index in [0.29, 0.717) is 0 Å². The smallest absolute Gasteiger partial charge is 0.0475 e. The van der Waals surface area contributed by atoms with Gasteiger partial charge in [0.25, 0.3) is 0 Å². The molecule has 0 aliphatic carbocycles. The zero-order valence-electron chi connectivity index (χ0n) is 13.5. The van der Waals surface area contributed by atoms with Crippen LogP contribution in [0.25, 0.3) is 11.1 Å². The number of rotatable bonds is 3. The first-order valence-electron chi connectivity index (χ1n) is 8.35. The third-order valence-corrected chi connectivity index (χ3v) is 4.83. The lowest BCUT2D eigenvalue weighted by Gasteiger charge is -2.18. The molecule has 0 atom stereocenters. The Morgan fingerprint density at radius 3 is 2.39 bits per heavy atom. The lowest BCUT2D eigenvalue weighted by molar-refractivity contribution is 0.603. The average molecular weight is 302 g/mol. The molecule has 0 saturated carbocycles. The minimum atomic E-state index is 0.960. The molecule has 4 rings (SSSR count). The quantitative estimate of drug-likeness (QED) is 0.769. The Kier molecular flexibility index (Phi) is 3.76. The van der Waals surface area contributed by atoms with E-state index in [1.54, 1.807) is 0 Å². The molecular formula is C21H22N2. The molecule has 0 unspecified atom stereocenters. The van der Waals surface area contributed by atoms with E-state index in [-0.39, 0.29) is 0 Å². The van der Waals surface area contributed by atoms with Crippen LogP contribution in [-0.2, 0) is 19.5 Å². The summed E-state index contributed by atoms with van der Waals surface area (Å²) in [6.07, 6.45) is 1.11. The minimum absolute atomic E-state index is 0.960. The summed E-state index contributed by atoms with van der Waals surface area (Å²) in [6, 6.07) is 21.6. The highest BCUT2D eigenvalue weighted by Crippen LogP contribution is 2.34. The van der Waals surface area contributed by atoms with Gasteiger partial charge in [-0.15, -0.1) is 0 Å². The van der Waals surface area contributed by atoms with Crippen LogP contribution in [0.2, 0.25) is 0 Å².